The van der Waals surface area contributed by atoms with Gasteiger partial charge in [0.1, 0.15) is 0 Å². The fourth-order valence-corrected chi connectivity index (χ4v) is 3.96. The molecule has 0 aromatic heterocycles. The van der Waals surface area contributed by atoms with Gasteiger partial charge in [0.2, 0.25) is 0 Å². The summed E-state index contributed by atoms with van der Waals surface area (Å²) in [5, 5.41) is 0. The first kappa shape index (κ1) is 16.8. The lowest BCUT2D eigenvalue weighted by Gasteiger charge is -2.21. The van der Waals surface area contributed by atoms with E-state index in [1.807, 2.05) is 0 Å². The van der Waals surface area contributed by atoms with Crippen molar-refractivity contribution in [1.29, 1.82) is 0 Å². The Morgan fingerprint density at radius 1 is 0.692 bits per heavy atom. The molecule has 0 unspecified atom stereocenters. The molecular weight excluding hydrogens is 312 g/mol. The van der Waals surface area contributed by atoms with Gasteiger partial charge in [-0.15, -0.1) is 0 Å². The van der Waals surface area contributed by atoms with Gasteiger partial charge in [-0.1, -0.05) is 99.6 Å². The SMILES string of the molecule is CC(C)(C)Cc1ccccc1-c1ccccc1C1=Cc2ccccc2C1. The summed E-state index contributed by atoms with van der Waals surface area (Å²) < 4.78 is 0. The molecule has 0 nitrogen and oxygen atoms in total. The largest absolute Gasteiger partial charge is 0.0620 e. The van der Waals surface area contributed by atoms with E-state index in [0.717, 1.165) is 12.8 Å². The van der Waals surface area contributed by atoms with Crippen LogP contribution in [0.4, 0.5) is 0 Å². The molecule has 0 spiro atoms. The van der Waals surface area contributed by atoms with E-state index in [1.165, 1.54) is 39.0 Å². The number of fused-ring (bicyclic) bond motifs is 1. The Morgan fingerprint density at radius 3 is 2.04 bits per heavy atom. The van der Waals surface area contributed by atoms with Gasteiger partial charge in [-0.05, 0) is 57.2 Å². The Bertz CT molecular complexity index is 967. The number of benzene rings is 3. The molecule has 0 saturated heterocycles. The summed E-state index contributed by atoms with van der Waals surface area (Å²) >= 11 is 0. The summed E-state index contributed by atoms with van der Waals surface area (Å²) in [6.45, 7) is 6.93. The molecule has 0 saturated carbocycles. The molecule has 0 heterocycles. The molecule has 0 aliphatic heterocycles. The van der Waals surface area contributed by atoms with Gasteiger partial charge in [0.15, 0.2) is 0 Å². The Morgan fingerprint density at radius 2 is 1.31 bits per heavy atom. The first-order chi connectivity index (χ1) is 12.5. The highest BCUT2D eigenvalue weighted by Crippen LogP contribution is 2.38. The predicted octanol–water partition coefficient (Wildman–Crippen LogP) is 7.04. The average molecular weight is 338 g/mol. The number of allylic oxidation sites excluding steroid dienone is 1. The highest BCUT2D eigenvalue weighted by Gasteiger charge is 2.19. The summed E-state index contributed by atoms with van der Waals surface area (Å²) in [4.78, 5) is 0. The summed E-state index contributed by atoms with van der Waals surface area (Å²) in [6, 6.07) is 26.5. The van der Waals surface area contributed by atoms with Crippen LogP contribution >= 0.6 is 0 Å². The second-order valence-corrected chi connectivity index (χ2v) is 8.49. The van der Waals surface area contributed by atoms with Crippen LogP contribution in [0, 0.1) is 5.41 Å². The predicted molar refractivity (Wildman–Crippen MR) is 113 cm³/mol. The maximum Gasteiger partial charge on any atom is -0.00135 e. The fraction of sp³-hybridized carbons (Fsp3) is 0.231. The summed E-state index contributed by atoms with van der Waals surface area (Å²) in [7, 11) is 0. The van der Waals surface area contributed by atoms with Gasteiger partial charge < -0.3 is 0 Å². The Labute approximate surface area is 157 Å². The van der Waals surface area contributed by atoms with Crippen LogP contribution in [0.15, 0.2) is 72.8 Å². The standard InChI is InChI=1S/C26H26/c1-26(2,3)18-21-12-6-7-13-23(21)25-15-9-8-14-24(25)22-16-19-10-4-5-11-20(19)17-22/h4-16H,17-18H2,1-3H3. The van der Waals surface area contributed by atoms with Crippen LogP contribution in [0.2, 0.25) is 0 Å². The molecule has 1 aliphatic rings. The summed E-state index contributed by atoms with van der Waals surface area (Å²) in [5.74, 6) is 0. The van der Waals surface area contributed by atoms with Crippen LogP contribution in [-0.4, -0.2) is 0 Å². The molecule has 26 heavy (non-hydrogen) atoms. The van der Waals surface area contributed by atoms with Gasteiger partial charge in [-0.2, -0.15) is 0 Å². The van der Waals surface area contributed by atoms with Crippen molar-refractivity contribution in [3.05, 3.63) is 95.1 Å². The molecule has 0 N–H and O–H groups in total. The molecule has 3 aromatic carbocycles. The van der Waals surface area contributed by atoms with Gasteiger partial charge in [0.25, 0.3) is 0 Å². The van der Waals surface area contributed by atoms with E-state index < -0.39 is 0 Å². The second-order valence-electron chi connectivity index (χ2n) is 8.49. The minimum absolute atomic E-state index is 0.272. The van der Waals surface area contributed by atoms with Crippen LogP contribution in [-0.2, 0) is 12.8 Å². The summed E-state index contributed by atoms with van der Waals surface area (Å²) in [5.41, 5.74) is 10.0. The van der Waals surface area contributed by atoms with E-state index in [-0.39, 0.29) is 5.41 Å². The van der Waals surface area contributed by atoms with Crippen molar-refractivity contribution < 1.29 is 0 Å². The fourth-order valence-electron chi connectivity index (χ4n) is 3.96. The van der Waals surface area contributed by atoms with Crippen LogP contribution in [0.25, 0.3) is 22.8 Å². The van der Waals surface area contributed by atoms with Crippen molar-refractivity contribution in [2.75, 3.05) is 0 Å². The molecule has 0 bridgehead atoms. The maximum atomic E-state index is 2.36. The van der Waals surface area contributed by atoms with Gasteiger partial charge in [-0.3, -0.25) is 0 Å². The van der Waals surface area contributed by atoms with Crippen molar-refractivity contribution in [1.82, 2.24) is 0 Å². The first-order valence-electron chi connectivity index (χ1n) is 9.47. The third kappa shape index (κ3) is 3.37. The first-order valence-corrected chi connectivity index (χ1v) is 9.47. The van der Waals surface area contributed by atoms with E-state index in [4.69, 9.17) is 0 Å². The van der Waals surface area contributed by atoms with E-state index in [2.05, 4.69) is 99.6 Å². The lowest BCUT2D eigenvalue weighted by Crippen LogP contribution is -2.10. The van der Waals surface area contributed by atoms with Crippen LogP contribution in [0.3, 0.4) is 0 Å². The smallest absolute Gasteiger partial charge is 0.00135 e. The summed E-state index contributed by atoms with van der Waals surface area (Å²) in [6.07, 6.45) is 4.46. The lowest BCUT2D eigenvalue weighted by molar-refractivity contribution is 0.412. The van der Waals surface area contributed by atoms with Crippen LogP contribution in [0.1, 0.15) is 43.0 Å². The topological polar surface area (TPSA) is 0 Å². The lowest BCUT2D eigenvalue weighted by atomic mass is 9.83. The zero-order valence-corrected chi connectivity index (χ0v) is 15.9. The van der Waals surface area contributed by atoms with E-state index in [0.29, 0.717) is 0 Å². The second kappa shape index (κ2) is 6.61. The van der Waals surface area contributed by atoms with Crippen molar-refractivity contribution in [3.8, 4) is 11.1 Å². The van der Waals surface area contributed by atoms with Crippen molar-refractivity contribution in [3.63, 3.8) is 0 Å². The minimum atomic E-state index is 0.272. The monoisotopic (exact) mass is 338 g/mol. The molecule has 0 radical (unpaired) electrons. The van der Waals surface area contributed by atoms with E-state index >= 15 is 0 Å². The zero-order chi connectivity index (χ0) is 18.1. The Kier molecular flexibility index (Phi) is 4.28. The zero-order valence-electron chi connectivity index (χ0n) is 15.9. The quantitative estimate of drug-likeness (QED) is 0.480. The minimum Gasteiger partial charge on any atom is -0.0620 e. The highest BCUT2D eigenvalue weighted by molar-refractivity contribution is 5.94. The van der Waals surface area contributed by atoms with Crippen molar-refractivity contribution in [2.24, 2.45) is 5.41 Å². The van der Waals surface area contributed by atoms with Crippen LogP contribution in [0.5, 0.6) is 0 Å². The highest BCUT2D eigenvalue weighted by atomic mass is 14.2. The molecule has 0 heteroatoms. The van der Waals surface area contributed by atoms with Gasteiger partial charge in [0, 0.05) is 0 Å². The Hall–Kier alpha value is -2.60. The molecule has 130 valence electrons. The van der Waals surface area contributed by atoms with Gasteiger partial charge >= 0.3 is 0 Å². The van der Waals surface area contributed by atoms with Crippen molar-refractivity contribution in [2.45, 2.75) is 33.6 Å². The normalized spacial score (nSPS) is 13.4. The molecule has 0 atom stereocenters. The van der Waals surface area contributed by atoms with Crippen LogP contribution < -0.4 is 0 Å². The van der Waals surface area contributed by atoms with Gasteiger partial charge in [0.05, 0.1) is 0 Å². The molecule has 4 rings (SSSR count). The van der Waals surface area contributed by atoms with Crippen molar-refractivity contribution >= 4 is 11.6 Å². The average Bonchev–Trinajstić information content (AvgIpc) is 3.05. The van der Waals surface area contributed by atoms with E-state index in [1.54, 1.807) is 0 Å². The maximum absolute atomic E-state index is 2.36. The number of hydrogen-bond acceptors (Lipinski definition) is 0. The number of rotatable bonds is 3. The third-order valence-corrected chi connectivity index (χ3v) is 5.07. The van der Waals surface area contributed by atoms with E-state index in [9.17, 15) is 0 Å². The molecule has 0 fully saturated rings. The molecule has 0 amide bonds. The molecular formula is C26H26. The molecule has 1 aliphatic carbocycles. The Balaban J connectivity index is 1.80. The third-order valence-electron chi connectivity index (χ3n) is 5.07. The molecule has 3 aromatic rings. The van der Waals surface area contributed by atoms with Gasteiger partial charge in [-0.25, -0.2) is 0 Å². The number of hydrogen-bond donors (Lipinski definition) is 0.